The molecule has 2 rings (SSSR count). The van der Waals surface area contributed by atoms with E-state index in [0.717, 1.165) is 32.2 Å². The molecule has 6 heteroatoms. The lowest BCUT2D eigenvalue weighted by molar-refractivity contribution is -0.143. The number of halogens is 1. The van der Waals surface area contributed by atoms with Crippen molar-refractivity contribution in [3.05, 3.63) is 0 Å². The Morgan fingerprint density at radius 3 is 2.63 bits per heavy atom. The molecule has 1 aliphatic carbocycles. The van der Waals surface area contributed by atoms with Crippen molar-refractivity contribution in [3.8, 4) is 0 Å². The van der Waals surface area contributed by atoms with Crippen LogP contribution >= 0.6 is 12.4 Å². The number of hydrogen-bond donors (Lipinski definition) is 2. The summed E-state index contributed by atoms with van der Waals surface area (Å²) < 4.78 is 0. The van der Waals surface area contributed by atoms with E-state index in [1.165, 1.54) is 0 Å². The highest BCUT2D eigenvalue weighted by Crippen LogP contribution is 2.27. The summed E-state index contributed by atoms with van der Waals surface area (Å²) in [6.07, 6.45) is 4.06. The zero-order valence-corrected chi connectivity index (χ0v) is 12.5. The summed E-state index contributed by atoms with van der Waals surface area (Å²) in [5.74, 6) is 0.0290. The van der Waals surface area contributed by atoms with Gasteiger partial charge in [-0.15, -0.1) is 12.4 Å². The summed E-state index contributed by atoms with van der Waals surface area (Å²) in [5, 5.41) is 6.17. The largest absolute Gasteiger partial charge is 0.352 e. The van der Waals surface area contributed by atoms with Gasteiger partial charge >= 0.3 is 0 Å². The number of hydrogen-bond acceptors (Lipinski definition) is 3. The smallest absolute Gasteiger partial charge is 0.239 e. The highest BCUT2D eigenvalue weighted by molar-refractivity contribution is 5.88. The van der Waals surface area contributed by atoms with Crippen LogP contribution in [0.2, 0.25) is 0 Å². The van der Waals surface area contributed by atoms with Crippen LogP contribution in [-0.4, -0.2) is 49.4 Å². The van der Waals surface area contributed by atoms with Gasteiger partial charge in [0.05, 0.1) is 12.0 Å². The molecule has 0 aromatic heterocycles. The predicted octanol–water partition coefficient (Wildman–Crippen LogP) is 0.535. The number of rotatable bonds is 4. The molecular formula is C13H24ClN3O2. The van der Waals surface area contributed by atoms with Gasteiger partial charge in [0.2, 0.25) is 11.8 Å². The monoisotopic (exact) mass is 289 g/mol. The van der Waals surface area contributed by atoms with Gasteiger partial charge in [-0.3, -0.25) is 9.59 Å². The molecule has 1 heterocycles. The molecule has 5 nitrogen and oxygen atoms in total. The van der Waals surface area contributed by atoms with Crippen molar-refractivity contribution in [1.82, 2.24) is 15.5 Å². The molecule has 0 spiro atoms. The predicted molar refractivity (Wildman–Crippen MR) is 76.3 cm³/mol. The van der Waals surface area contributed by atoms with Gasteiger partial charge in [-0.2, -0.15) is 0 Å². The Balaban J connectivity index is 0.00000180. The molecule has 1 saturated carbocycles. The van der Waals surface area contributed by atoms with Crippen molar-refractivity contribution in [3.63, 3.8) is 0 Å². The van der Waals surface area contributed by atoms with Crippen molar-refractivity contribution in [2.24, 2.45) is 5.41 Å². The standard InChI is InChI=1S/C13H23N3O2.ClH/c1-13(6-3-7-14-9-13)12(18)16(2)8-11(17)15-10-4-5-10;/h10,14H,3-9H2,1-2H3,(H,15,17);1H. The molecule has 1 unspecified atom stereocenters. The zero-order chi connectivity index (χ0) is 13.2. The minimum Gasteiger partial charge on any atom is -0.352 e. The van der Waals surface area contributed by atoms with Gasteiger partial charge < -0.3 is 15.5 Å². The van der Waals surface area contributed by atoms with Crippen LogP contribution in [0.5, 0.6) is 0 Å². The number of amides is 2. The summed E-state index contributed by atoms with van der Waals surface area (Å²) >= 11 is 0. The van der Waals surface area contributed by atoms with E-state index in [2.05, 4.69) is 10.6 Å². The second kappa shape index (κ2) is 6.57. The average molecular weight is 290 g/mol. The van der Waals surface area contributed by atoms with E-state index in [4.69, 9.17) is 0 Å². The molecule has 1 aliphatic heterocycles. The Kier molecular flexibility index (Phi) is 5.62. The molecule has 1 atom stereocenters. The Hall–Kier alpha value is -0.810. The molecule has 0 aromatic rings. The van der Waals surface area contributed by atoms with Gasteiger partial charge in [0.1, 0.15) is 0 Å². The van der Waals surface area contributed by atoms with E-state index in [-0.39, 0.29) is 36.2 Å². The fraction of sp³-hybridized carbons (Fsp3) is 0.846. The Morgan fingerprint density at radius 2 is 2.11 bits per heavy atom. The van der Waals surface area contributed by atoms with Gasteiger partial charge in [-0.25, -0.2) is 0 Å². The van der Waals surface area contributed by atoms with E-state index >= 15 is 0 Å². The summed E-state index contributed by atoms with van der Waals surface area (Å²) in [7, 11) is 1.72. The fourth-order valence-corrected chi connectivity index (χ4v) is 2.49. The SMILES string of the molecule is CN(CC(=O)NC1CC1)C(=O)C1(C)CCCNC1.Cl. The first kappa shape index (κ1) is 16.2. The van der Waals surface area contributed by atoms with Crippen molar-refractivity contribution in [2.75, 3.05) is 26.7 Å². The molecular weight excluding hydrogens is 266 g/mol. The van der Waals surface area contributed by atoms with Gasteiger partial charge in [0, 0.05) is 19.6 Å². The van der Waals surface area contributed by atoms with Crippen molar-refractivity contribution < 1.29 is 9.59 Å². The fourth-order valence-electron chi connectivity index (χ4n) is 2.49. The number of nitrogens with zero attached hydrogens (tertiary/aromatic N) is 1. The number of likely N-dealkylation sites (N-methyl/N-ethyl adjacent to an activating group) is 1. The second-order valence-corrected chi connectivity index (χ2v) is 5.84. The highest BCUT2D eigenvalue weighted by Gasteiger charge is 2.37. The lowest BCUT2D eigenvalue weighted by atomic mass is 9.81. The first-order valence-corrected chi connectivity index (χ1v) is 6.77. The Bertz CT molecular complexity index is 339. The number of carbonyl (C=O) groups excluding carboxylic acids is 2. The minimum atomic E-state index is -0.354. The number of piperidine rings is 1. The maximum Gasteiger partial charge on any atom is 0.239 e. The molecule has 0 radical (unpaired) electrons. The van der Waals surface area contributed by atoms with Crippen LogP contribution in [0.1, 0.15) is 32.6 Å². The molecule has 1 saturated heterocycles. The first-order valence-electron chi connectivity index (χ1n) is 6.77. The average Bonchev–Trinajstić information content (AvgIpc) is 3.12. The second-order valence-electron chi connectivity index (χ2n) is 5.84. The third-order valence-electron chi connectivity index (χ3n) is 3.78. The number of carbonyl (C=O) groups is 2. The molecule has 0 bridgehead atoms. The van der Waals surface area contributed by atoms with E-state index in [9.17, 15) is 9.59 Å². The summed E-state index contributed by atoms with van der Waals surface area (Å²) in [6, 6.07) is 0.355. The van der Waals surface area contributed by atoms with E-state index in [0.29, 0.717) is 12.6 Å². The van der Waals surface area contributed by atoms with E-state index < -0.39 is 0 Å². The van der Waals surface area contributed by atoms with Crippen LogP contribution in [0.4, 0.5) is 0 Å². The maximum atomic E-state index is 12.4. The molecule has 2 aliphatic rings. The normalized spacial score (nSPS) is 26.2. The molecule has 2 fully saturated rings. The quantitative estimate of drug-likeness (QED) is 0.794. The van der Waals surface area contributed by atoms with Crippen LogP contribution in [0.15, 0.2) is 0 Å². The van der Waals surface area contributed by atoms with Gasteiger partial charge in [0.25, 0.3) is 0 Å². The molecule has 2 amide bonds. The van der Waals surface area contributed by atoms with Crippen molar-refractivity contribution in [1.29, 1.82) is 0 Å². The van der Waals surface area contributed by atoms with Crippen LogP contribution in [0.3, 0.4) is 0 Å². The molecule has 110 valence electrons. The van der Waals surface area contributed by atoms with Crippen LogP contribution in [-0.2, 0) is 9.59 Å². The lowest BCUT2D eigenvalue weighted by Crippen LogP contribution is -2.51. The van der Waals surface area contributed by atoms with E-state index in [1.807, 2.05) is 6.92 Å². The summed E-state index contributed by atoms with van der Waals surface area (Å²) in [5.41, 5.74) is -0.354. The van der Waals surface area contributed by atoms with Crippen LogP contribution < -0.4 is 10.6 Å². The van der Waals surface area contributed by atoms with Crippen LogP contribution in [0.25, 0.3) is 0 Å². The number of nitrogens with one attached hydrogen (secondary N) is 2. The third kappa shape index (κ3) is 4.35. The van der Waals surface area contributed by atoms with Crippen molar-refractivity contribution >= 4 is 24.2 Å². The van der Waals surface area contributed by atoms with E-state index in [1.54, 1.807) is 11.9 Å². The molecule has 2 N–H and O–H groups in total. The Labute approximate surface area is 120 Å². The van der Waals surface area contributed by atoms with Gasteiger partial charge in [-0.1, -0.05) is 0 Å². The van der Waals surface area contributed by atoms with Gasteiger partial charge in [0.15, 0.2) is 0 Å². The summed E-state index contributed by atoms with van der Waals surface area (Å²) in [4.78, 5) is 25.6. The van der Waals surface area contributed by atoms with Crippen molar-refractivity contribution in [2.45, 2.75) is 38.6 Å². The third-order valence-corrected chi connectivity index (χ3v) is 3.78. The first-order chi connectivity index (χ1) is 8.51. The highest BCUT2D eigenvalue weighted by atomic mass is 35.5. The molecule has 19 heavy (non-hydrogen) atoms. The summed E-state index contributed by atoms with van der Waals surface area (Å²) in [6.45, 7) is 3.84. The van der Waals surface area contributed by atoms with Crippen LogP contribution in [0, 0.1) is 5.41 Å². The maximum absolute atomic E-state index is 12.4. The zero-order valence-electron chi connectivity index (χ0n) is 11.7. The molecule has 0 aromatic carbocycles. The van der Waals surface area contributed by atoms with Gasteiger partial charge in [-0.05, 0) is 39.2 Å². The lowest BCUT2D eigenvalue weighted by Gasteiger charge is -2.35. The Morgan fingerprint density at radius 1 is 1.42 bits per heavy atom. The minimum absolute atomic E-state index is 0. The topological polar surface area (TPSA) is 61.4 Å².